The van der Waals surface area contributed by atoms with Gasteiger partial charge in [-0.3, -0.25) is 9.69 Å². The molecule has 1 aliphatic heterocycles. The van der Waals surface area contributed by atoms with Gasteiger partial charge in [0.1, 0.15) is 17.0 Å². The minimum atomic E-state index is 0.0360. The zero-order valence-corrected chi connectivity index (χ0v) is 18.1. The fraction of sp³-hybridized carbons (Fsp3) is 0.308. The maximum atomic E-state index is 13.0. The molecule has 0 aliphatic carbocycles. The van der Waals surface area contributed by atoms with E-state index in [2.05, 4.69) is 10.1 Å². The smallest absolute Gasteiger partial charge is 0.197 e. The second-order valence-electron chi connectivity index (χ2n) is 8.27. The van der Waals surface area contributed by atoms with E-state index in [1.165, 1.54) is 6.42 Å². The number of hydrogen-bond acceptors (Lipinski definition) is 6. The van der Waals surface area contributed by atoms with Crippen molar-refractivity contribution in [2.45, 2.75) is 38.3 Å². The molecule has 1 atom stereocenters. The molecule has 1 fully saturated rings. The molecule has 3 heterocycles. The fourth-order valence-electron chi connectivity index (χ4n) is 4.48. The Hall–Kier alpha value is -3.38. The second-order valence-corrected chi connectivity index (χ2v) is 8.27. The van der Waals surface area contributed by atoms with Crippen molar-refractivity contribution in [3.05, 3.63) is 82.3 Å². The number of methoxy groups -OCH3 is 1. The van der Waals surface area contributed by atoms with Crippen LogP contribution in [0.3, 0.4) is 0 Å². The minimum Gasteiger partial charge on any atom is -0.497 e. The van der Waals surface area contributed by atoms with Crippen LogP contribution < -0.4 is 10.2 Å². The molecule has 5 rings (SSSR count). The van der Waals surface area contributed by atoms with Crippen LogP contribution in [-0.4, -0.2) is 23.7 Å². The van der Waals surface area contributed by atoms with Crippen LogP contribution in [-0.2, 0) is 6.54 Å². The molecule has 0 bridgehead atoms. The standard InChI is InChI=1S/C26H26N2O4/c1-30-20-12-10-18(11-13-20)25-15-22(27-32-25)23-8-3-2-6-14-28(23)16-19-17-31-24-9-5-4-7-21(24)26(19)29/h4-5,7,9-13,15,17,23H,2-3,6,8,14,16H2,1H3. The maximum Gasteiger partial charge on any atom is 0.197 e. The number of nitrogens with zero attached hydrogens (tertiary/aromatic N) is 2. The lowest BCUT2D eigenvalue weighted by Crippen LogP contribution is -2.30. The number of benzene rings is 2. The Labute approximate surface area is 186 Å². The molecule has 4 aromatic rings. The number of rotatable bonds is 5. The van der Waals surface area contributed by atoms with Crippen LogP contribution in [0.25, 0.3) is 22.3 Å². The summed E-state index contributed by atoms with van der Waals surface area (Å²) in [6, 6.07) is 17.3. The predicted molar refractivity (Wildman–Crippen MR) is 123 cm³/mol. The Morgan fingerprint density at radius 3 is 2.78 bits per heavy atom. The van der Waals surface area contributed by atoms with E-state index >= 15 is 0 Å². The maximum absolute atomic E-state index is 13.0. The van der Waals surface area contributed by atoms with Gasteiger partial charge in [-0.2, -0.15) is 0 Å². The van der Waals surface area contributed by atoms with Gasteiger partial charge in [-0.05, 0) is 55.8 Å². The SMILES string of the molecule is COc1ccc(-c2cc(C3CCCCCN3Cc3coc4ccccc4c3=O)no2)cc1. The first-order chi connectivity index (χ1) is 15.7. The number of hydrogen-bond donors (Lipinski definition) is 0. The zero-order chi connectivity index (χ0) is 21.9. The van der Waals surface area contributed by atoms with Crippen LogP contribution in [0.1, 0.15) is 43.0 Å². The van der Waals surface area contributed by atoms with Crippen LogP contribution in [0.2, 0.25) is 0 Å². The van der Waals surface area contributed by atoms with E-state index in [9.17, 15) is 4.79 Å². The van der Waals surface area contributed by atoms with Crippen molar-refractivity contribution >= 4 is 11.0 Å². The molecule has 6 heteroatoms. The molecular weight excluding hydrogens is 404 g/mol. The van der Waals surface area contributed by atoms with Crippen molar-refractivity contribution in [2.24, 2.45) is 0 Å². The molecule has 2 aromatic heterocycles. The Morgan fingerprint density at radius 2 is 1.94 bits per heavy atom. The topological polar surface area (TPSA) is 68.7 Å². The van der Waals surface area contributed by atoms with Gasteiger partial charge in [-0.1, -0.05) is 30.1 Å². The molecule has 0 N–H and O–H groups in total. The molecule has 0 radical (unpaired) electrons. The lowest BCUT2D eigenvalue weighted by atomic mass is 10.0. The summed E-state index contributed by atoms with van der Waals surface area (Å²) in [5.74, 6) is 1.54. The van der Waals surface area contributed by atoms with Gasteiger partial charge in [-0.25, -0.2) is 0 Å². The van der Waals surface area contributed by atoms with E-state index in [1.807, 2.05) is 54.6 Å². The van der Waals surface area contributed by atoms with Gasteiger partial charge in [0.2, 0.25) is 0 Å². The highest BCUT2D eigenvalue weighted by molar-refractivity contribution is 5.76. The summed E-state index contributed by atoms with van der Waals surface area (Å²) in [6.45, 7) is 1.43. The van der Waals surface area contributed by atoms with Gasteiger partial charge < -0.3 is 13.7 Å². The van der Waals surface area contributed by atoms with Gasteiger partial charge >= 0.3 is 0 Å². The monoisotopic (exact) mass is 430 g/mol. The Balaban J connectivity index is 1.43. The van der Waals surface area contributed by atoms with Crippen LogP contribution in [0.5, 0.6) is 5.75 Å². The van der Waals surface area contributed by atoms with E-state index < -0.39 is 0 Å². The second kappa shape index (κ2) is 9.01. The molecule has 0 spiro atoms. The number of para-hydroxylation sites is 1. The van der Waals surface area contributed by atoms with E-state index in [1.54, 1.807) is 13.4 Å². The van der Waals surface area contributed by atoms with Crippen molar-refractivity contribution in [2.75, 3.05) is 13.7 Å². The summed E-state index contributed by atoms with van der Waals surface area (Å²) < 4.78 is 16.7. The van der Waals surface area contributed by atoms with Crippen molar-refractivity contribution in [1.29, 1.82) is 0 Å². The molecule has 1 saturated heterocycles. The summed E-state index contributed by atoms with van der Waals surface area (Å²) >= 11 is 0. The van der Waals surface area contributed by atoms with Crippen molar-refractivity contribution < 1.29 is 13.7 Å². The summed E-state index contributed by atoms with van der Waals surface area (Å²) in [5.41, 5.74) is 3.19. The van der Waals surface area contributed by atoms with Gasteiger partial charge in [0.15, 0.2) is 11.2 Å². The molecule has 0 amide bonds. The number of fused-ring (bicyclic) bond motifs is 1. The molecule has 6 nitrogen and oxygen atoms in total. The average Bonchev–Trinajstić information content (AvgIpc) is 3.21. The van der Waals surface area contributed by atoms with E-state index in [4.69, 9.17) is 13.7 Å². The fourth-order valence-corrected chi connectivity index (χ4v) is 4.48. The third kappa shape index (κ3) is 4.06. The normalized spacial score (nSPS) is 17.3. The Morgan fingerprint density at radius 1 is 1.09 bits per heavy atom. The average molecular weight is 431 g/mol. The third-order valence-electron chi connectivity index (χ3n) is 6.23. The van der Waals surface area contributed by atoms with E-state index in [0.29, 0.717) is 23.1 Å². The zero-order valence-electron chi connectivity index (χ0n) is 18.1. The number of aromatic nitrogens is 1. The van der Waals surface area contributed by atoms with Crippen LogP contribution in [0.15, 0.2) is 74.6 Å². The molecular formula is C26H26N2O4. The van der Waals surface area contributed by atoms with Gasteiger partial charge in [-0.15, -0.1) is 0 Å². The predicted octanol–water partition coefficient (Wildman–Crippen LogP) is 5.57. The molecule has 1 aliphatic rings. The highest BCUT2D eigenvalue weighted by Gasteiger charge is 2.27. The first kappa shape index (κ1) is 20.5. The number of likely N-dealkylation sites (tertiary alicyclic amines) is 1. The van der Waals surface area contributed by atoms with Crippen LogP contribution >= 0.6 is 0 Å². The molecule has 1 unspecified atom stereocenters. The van der Waals surface area contributed by atoms with Gasteiger partial charge in [0.05, 0.1) is 24.8 Å². The minimum absolute atomic E-state index is 0.0360. The molecule has 0 saturated carbocycles. The Bertz CT molecular complexity index is 1260. The van der Waals surface area contributed by atoms with Crippen molar-refractivity contribution in [1.82, 2.24) is 10.1 Å². The summed E-state index contributed by atoms with van der Waals surface area (Å²) in [6.07, 6.45) is 5.98. The quantitative estimate of drug-likeness (QED) is 0.412. The summed E-state index contributed by atoms with van der Waals surface area (Å²) in [4.78, 5) is 15.4. The summed E-state index contributed by atoms with van der Waals surface area (Å²) in [7, 11) is 1.65. The van der Waals surface area contributed by atoms with Gasteiger partial charge in [0, 0.05) is 23.7 Å². The van der Waals surface area contributed by atoms with Crippen molar-refractivity contribution in [3.63, 3.8) is 0 Å². The summed E-state index contributed by atoms with van der Waals surface area (Å²) in [5, 5.41) is 5.04. The largest absolute Gasteiger partial charge is 0.497 e. The lowest BCUT2D eigenvalue weighted by molar-refractivity contribution is 0.182. The first-order valence-corrected chi connectivity index (χ1v) is 11.1. The van der Waals surface area contributed by atoms with Crippen LogP contribution in [0.4, 0.5) is 0 Å². The van der Waals surface area contributed by atoms with Crippen molar-refractivity contribution in [3.8, 4) is 17.1 Å². The lowest BCUT2D eigenvalue weighted by Gasteiger charge is -2.28. The molecule has 2 aromatic carbocycles. The van der Waals surface area contributed by atoms with E-state index in [0.717, 1.165) is 48.6 Å². The molecule has 164 valence electrons. The van der Waals surface area contributed by atoms with Gasteiger partial charge in [0.25, 0.3) is 0 Å². The number of ether oxygens (including phenoxy) is 1. The highest BCUT2D eigenvalue weighted by atomic mass is 16.5. The highest BCUT2D eigenvalue weighted by Crippen LogP contribution is 2.33. The third-order valence-corrected chi connectivity index (χ3v) is 6.23. The van der Waals surface area contributed by atoms with Crippen LogP contribution in [0, 0.1) is 0 Å². The molecule has 32 heavy (non-hydrogen) atoms. The van der Waals surface area contributed by atoms with E-state index in [-0.39, 0.29) is 11.5 Å². The first-order valence-electron chi connectivity index (χ1n) is 11.1. The Kier molecular flexibility index (Phi) is 5.77.